The zero-order valence-electron chi connectivity index (χ0n) is 18.1. The molecule has 1 aromatic heterocycles. The Hall–Kier alpha value is -2.42. The van der Waals surface area contributed by atoms with Gasteiger partial charge in [-0.3, -0.25) is 10.2 Å². The number of aromatic amines is 1. The van der Waals surface area contributed by atoms with Gasteiger partial charge >= 0.3 is 6.09 Å². The summed E-state index contributed by atoms with van der Waals surface area (Å²) < 4.78 is 49.6. The summed E-state index contributed by atoms with van der Waals surface area (Å²) >= 11 is 0. The highest BCUT2D eigenvalue weighted by Crippen LogP contribution is 2.29. The number of hydrogen-bond acceptors (Lipinski definition) is 4. The molecule has 0 saturated carbocycles. The van der Waals surface area contributed by atoms with Gasteiger partial charge in [-0.05, 0) is 64.2 Å². The summed E-state index contributed by atoms with van der Waals surface area (Å²) in [6, 6.07) is 5.56. The molecule has 1 fully saturated rings. The molecule has 2 heterocycles. The molecule has 172 valence electrons. The van der Waals surface area contributed by atoms with Crippen LogP contribution in [-0.4, -0.2) is 54.0 Å². The van der Waals surface area contributed by atoms with Crippen LogP contribution < -0.4 is 10.1 Å². The number of carbonyl (C=O) groups excluding carboxylic acids is 1. The number of benzene rings is 1. The Balaban J connectivity index is 1.51. The first kappa shape index (κ1) is 23.2. The van der Waals surface area contributed by atoms with E-state index in [9.17, 15) is 18.0 Å². The number of rotatable bonds is 7. The summed E-state index contributed by atoms with van der Waals surface area (Å²) in [6.45, 7) is 6.55. The van der Waals surface area contributed by atoms with Crippen LogP contribution in [0.25, 0.3) is 10.9 Å². The van der Waals surface area contributed by atoms with Gasteiger partial charge in [0, 0.05) is 30.2 Å². The number of nitrogens with zero attached hydrogens (tertiary/aromatic N) is 1. The van der Waals surface area contributed by atoms with Crippen molar-refractivity contribution in [3.8, 4) is 5.75 Å². The lowest BCUT2D eigenvalue weighted by molar-refractivity contribution is -0.0616. The van der Waals surface area contributed by atoms with Gasteiger partial charge in [0.25, 0.3) is 6.43 Å². The van der Waals surface area contributed by atoms with E-state index in [-0.39, 0.29) is 0 Å². The van der Waals surface area contributed by atoms with Gasteiger partial charge in [0.1, 0.15) is 11.4 Å². The van der Waals surface area contributed by atoms with Crippen molar-refractivity contribution in [2.75, 3.05) is 25.0 Å². The minimum Gasteiger partial charge on any atom is -0.494 e. The number of halogens is 3. The number of ether oxygens (including phenoxy) is 2. The molecule has 6 nitrogen and oxygen atoms in total. The van der Waals surface area contributed by atoms with Crippen LogP contribution in [0.3, 0.4) is 0 Å². The topological polar surface area (TPSA) is 66.6 Å². The number of nitrogens with one attached hydrogen (secondary N) is 2. The summed E-state index contributed by atoms with van der Waals surface area (Å²) in [6.07, 6.45) is -1.84. The van der Waals surface area contributed by atoms with E-state index in [1.165, 1.54) is 4.90 Å². The van der Waals surface area contributed by atoms with Crippen LogP contribution in [-0.2, 0) is 4.74 Å². The molecule has 1 aromatic carbocycles. The van der Waals surface area contributed by atoms with Crippen LogP contribution in [0.4, 0.5) is 23.7 Å². The standard InChI is InChI=1S/C22H30F3N3O3/c1-22(2,3)31-21(29)27-18-13-26-17-5-4-15(12-16(17)18)30-11-8-14-6-9-28(10-7-14)20(25)19(23)24/h4-5,12-14,19-20,26H,6-11H2,1-3H3,(H,27,29). The van der Waals surface area contributed by atoms with Gasteiger partial charge in [-0.25, -0.2) is 18.0 Å². The Morgan fingerprint density at radius 1 is 1.26 bits per heavy atom. The van der Waals surface area contributed by atoms with Crippen molar-refractivity contribution >= 4 is 22.7 Å². The predicted octanol–water partition coefficient (Wildman–Crippen LogP) is 5.56. The molecule has 0 bridgehead atoms. The maximum Gasteiger partial charge on any atom is 0.412 e. The second-order valence-electron chi connectivity index (χ2n) is 8.86. The van der Waals surface area contributed by atoms with Crippen LogP contribution in [0, 0.1) is 5.92 Å². The molecule has 9 heteroatoms. The molecule has 3 rings (SSSR count). The first-order valence-electron chi connectivity index (χ1n) is 10.5. The highest BCUT2D eigenvalue weighted by molar-refractivity contribution is 6.00. The molecular weight excluding hydrogens is 411 g/mol. The van der Waals surface area contributed by atoms with Crippen molar-refractivity contribution in [1.82, 2.24) is 9.88 Å². The number of piperidine rings is 1. The third-order valence-electron chi connectivity index (χ3n) is 5.29. The quantitative estimate of drug-likeness (QED) is 0.553. The number of anilines is 1. The third kappa shape index (κ3) is 6.53. The van der Waals surface area contributed by atoms with Crippen molar-refractivity contribution in [1.29, 1.82) is 0 Å². The molecule has 1 atom stereocenters. The van der Waals surface area contributed by atoms with Crippen molar-refractivity contribution in [2.24, 2.45) is 5.92 Å². The second kappa shape index (κ2) is 9.80. The van der Waals surface area contributed by atoms with Crippen molar-refractivity contribution in [3.05, 3.63) is 24.4 Å². The van der Waals surface area contributed by atoms with Gasteiger partial charge in [-0.1, -0.05) is 0 Å². The van der Waals surface area contributed by atoms with E-state index < -0.39 is 24.4 Å². The zero-order chi connectivity index (χ0) is 22.6. The molecule has 1 saturated heterocycles. The Labute approximate surface area is 180 Å². The second-order valence-corrected chi connectivity index (χ2v) is 8.86. The Morgan fingerprint density at radius 3 is 2.61 bits per heavy atom. The molecule has 2 N–H and O–H groups in total. The Morgan fingerprint density at radius 2 is 1.97 bits per heavy atom. The number of carbonyl (C=O) groups is 1. The minimum atomic E-state index is -2.96. The zero-order valence-corrected chi connectivity index (χ0v) is 18.1. The molecule has 31 heavy (non-hydrogen) atoms. The molecule has 1 amide bonds. The monoisotopic (exact) mass is 441 g/mol. The minimum absolute atomic E-state index is 0.321. The molecule has 1 aliphatic heterocycles. The van der Waals surface area contributed by atoms with Crippen molar-refractivity contribution in [3.63, 3.8) is 0 Å². The lowest BCUT2D eigenvalue weighted by atomic mass is 9.94. The summed E-state index contributed by atoms with van der Waals surface area (Å²) in [5.41, 5.74) is 0.859. The van der Waals surface area contributed by atoms with Crippen molar-refractivity contribution in [2.45, 2.75) is 58.4 Å². The number of likely N-dealkylation sites (tertiary alicyclic amines) is 1. The van der Waals surface area contributed by atoms with E-state index in [0.717, 1.165) is 17.3 Å². The van der Waals surface area contributed by atoms with Gasteiger partial charge < -0.3 is 14.5 Å². The molecule has 1 unspecified atom stereocenters. The normalized spacial score (nSPS) is 17.1. The van der Waals surface area contributed by atoms with E-state index >= 15 is 0 Å². The number of alkyl halides is 3. The number of fused-ring (bicyclic) bond motifs is 1. The predicted molar refractivity (Wildman–Crippen MR) is 113 cm³/mol. The fourth-order valence-electron chi connectivity index (χ4n) is 3.70. The van der Waals surface area contributed by atoms with E-state index in [0.29, 0.717) is 49.9 Å². The maximum atomic E-state index is 13.4. The summed E-state index contributed by atoms with van der Waals surface area (Å²) in [4.78, 5) is 16.4. The van der Waals surface area contributed by atoms with Gasteiger partial charge in [0.15, 0.2) is 0 Å². The number of amides is 1. The molecule has 1 aliphatic rings. The van der Waals surface area contributed by atoms with Crippen molar-refractivity contribution < 1.29 is 27.4 Å². The largest absolute Gasteiger partial charge is 0.494 e. The molecule has 0 aliphatic carbocycles. The van der Waals surface area contributed by atoms with Gasteiger partial charge in [0.05, 0.1) is 12.3 Å². The van der Waals surface area contributed by atoms with Gasteiger partial charge in [-0.2, -0.15) is 0 Å². The van der Waals surface area contributed by atoms with E-state index in [4.69, 9.17) is 9.47 Å². The third-order valence-corrected chi connectivity index (χ3v) is 5.29. The number of aromatic nitrogens is 1. The summed E-state index contributed by atoms with van der Waals surface area (Å²) in [5.74, 6) is 0.986. The maximum absolute atomic E-state index is 13.4. The Kier molecular flexibility index (Phi) is 7.35. The van der Waals surface area contributed by atoms with E-state index in [1.807, 2.05) is 18.2 Å². The van der Waals surface area contributed by atoms with Gasteiger partial charge in [-0.15, -0.1) is 0 Å². The first-order chi connectivity index (χ1) is 14.6. The summed E-state index contributed by atoms with van der Waals surface area (Å²) in [7, 11) is 0. The number of H-pyrrole nitrogens is 1. The van der Waals surface area contributed by atoms with Crippen LogP contribution in [0.2, 0.25) is 0 Å². The summed E-state index contributed by atoms with van der Waals surface area (Å²) in [5, 5.41) is 3.54. The fraction of sp³-hybridized carbons (Fsp3) is 0.591. The average Bonchev–Trinajstić information content (AvgIpc) is 3.08. The smallest absolute Gasteiger partial charge is 0.412 e. The fourth-order valence-corrected chi connectivity index (χ4v) is 3.70. The Bertz CT molecular complexity index is 874. The lowest BCUT2D eigenvalue weighted by Gasteiger charge is -2.33. The van der Waals surface area contributed by atoms with Crippen LogP contribution in [0.1, 0.15) is 40.0 Å². The SMILES string of the molecule is CC(C)(C)OC(=O)Nc1c[nH]c2ccc(OCCC3CCN(C(F)C(F)F)CC3)cc12. The number of hydrogen-bond donors (Lipinski definition) is 2. The molecule has 0 spiro atoms. The van der Waals surface area contributed by atoms with Gasteiger partial charge in [0.2, 0.25) is 6.30 Å². The highest BCUT2D eigenvalue weighted by atomic mass is 19.3. The first-order valence-corrected chi connectivity index (χ1v) is 10.5. The van der Waals surface area contributed by atoms with E-state index in [1.54, 1.807) is 27.0 Å². The van der Waals surface area contributed by atoms with Crippen LogP contribution >= 0.6 is 0 Å². The van der Waals surface area contributed by atoms with Crippen LogP contribution in [0.5, 0.6) is 5.75 Å². The highest BCUT2D eigenvalue weighted by Gasteiger charge is 2.30. The lowest BCUT2D eigenvalue weighted by Crippen LogP contribution is -2.42. The average molecular weight is 441 g/mol. The molecule has 0 radical (unpaired) electrons. The molecule has 2 aromatic rings. The van der Waals surface area contributed by atoms with Crippen LogP contribution in [0.15, 0.2) is 24.4 Å². The van der Waals surface area contributed by atoms with E-state index in [2.05, 4.69) is 10.3 Å². The molecular formula is C22H30F3N3O3.